The van der Waals surface area contributed by atoms with Crippen molar-refractivity contribution in [2.24, 2.45) is 0 Å². The van der Waals surface area contributed by atoms with Crippen molar-refractivity contribution in [1.82, 2.24) is 0 Å². The average Bonchev–Trinajstić information content (AvgIpc) is 2.86. The van der Waals surface area contributed by atoms with Crippen LogP contribution in [0.5, 0.6) is 0 Å². The number of carboxylic acid groups (broad SMARTS) is 1. The van der Waals surface area contributed by atoms with Crippen LogP contribution in [0.4, 0.5) is 0 Å². The molecule has 0 spiro atoms. The number of aliphatic hydroxyl groups excluding tert-OH is 2. The summed E-state index contributed by atoms with van der Waals surface area (Å²) in [5.41, 5.74) is -0.522. The van der Waals surface area contributed by atoms with Crippen molar-refractivity contribution in [3.8, 4) is 0 Å². The topological polar surface area (TPSA) is 117 Å². The fourth-order valence-electron chi connectivity index (χ4n) is 2.69. The first kappa shape index (κ1) is 14.7. The summed E-state index contributed by atoms with van der Waals surface area (Å²) < 4.78 is 10.6. The molecule has 1 fully saturated rings. The van der Waals surface area contributed by atoms with E-state index in [4.69, 9.17) is 19.4 Å². The van der Waals surface area contributed by atoms with E-state index in [9.17, 15) is 14.7 Å². The van der Waals surface area contributed by atoms with Crippen LogP contribution < -0.4 is 5.63 Å². The zero-order chi connectivity index (χ0) is 15.9. The van der Waals surface area contributed by atoms with Gasteiger partial charge in [-0.15, -0.1) is 0 Å². The molecule has 1 aromatic heterocycles. The molecular formula is C15H14O7. The van der Waals surface area contributed by atoms with Crippen molar-refractivity contribution in [2.75, 3.05) is 6.61 Å². The molecule has 22 heavy (non-hydrogen) atoms. The Morgan fingerprint density at radius 1 is 1.36 bits per heavy atom. The zero-order valence-corrected chi connectivity index (χ0v) is 11.4. The van der Waals surface area contributed by atoms with Gasteiger partial charge in [-0.2, -0.15) is 0 Å². The molecule has 1 aliphatic heterocycles. The number of carboxylic acids is 1. The second kappa shape index (κ2) is 5.53. The lowest BCUT2D eigenvalue weighted by Crippen LogP contribution is -2.24. The maximum Gasteiger partial charge on any atom is 0.351 e. The van der Waals surface area contributed by atoms with Gasteiger partial charge >= 0.3 is 11.6 Å². The van der Waals surface area contributed by atoms with Gasteiger partial charge in [0, 0.05) is 11.8 Å². The first-order valence-corrected chi connectivity index (χ1v) is 6.75. The van der Waals surface area contributed by atoms with Crippen LogP contribution in [0.25, 0.3) is 11.0 Å². The Balaban J connectivity index is 2.12. The molecule has 1 aliphatic rings. The first-order chi connectivity index (χ1) is 10.5. The highest BCUT2D eigenvalue weighted by Crippen LogP contribution is 2.36. The summed E-state index contributed by atoms with van der Waals surface area (Å²) in [5, 5.41) is 28.5. The van der Waals surface area contributed by atoms with Crippen LogP contribution >= 0.6 is 0 Å². The molecule has 0 bridgehead atoms. The van der Waals surface area contributed by atoms with E-state index in [1.807, 2.05) is 0 Å². The molecule has 7 nitrogen and oxygen atoms in total. The molecule has 0 saturated carbocycles. The fourth-order valence-corrected chi connectivity index (χ4v) is 2.69. The van der Waals surface area contributed by atoms with Crippen LogP contribution in [0.2, 0.25) is 0 Å². The van der Waals surface area contributed by atoms with Gasteiger partial charge in [0.05, 0.1) is 18.8 Å². The lowest BCUT2D eigenvalue weighted by atomic mass is 10.00. The molecule has 7 heteroatoms. The second-order valence-corrected chi connectivity index (χ2v) is 5.16. The Kier molecular flexibility index (Phi) is 3.69. The van der Waals surface area contributed by atoms with Crippen LogP contribution in [0.1, 0.15) is 28.4 Å². The number of carbonyl (C=O) groups is 1. The van der Waals surface area contributed by atoms with Gasteiger partial charge in [-0.3, -0.25) is 0 Å². The number of ether oxygens (including phenoxy) is 1. The number of fused-ring (bicyclic) bond motifs is 1. The van der Waals surface area contributed by atoms with Crippen molar-refractivity contribution in [1.29, 1.82) is 0 Å². The minimum Gasteiger partial charge on any atom is -0.477 e. The van der Waals surface area contributed by atoms with Crippen molar-refractivity contribution in [3.63, 3.8) is 0 Å². The molecule has 0 radical (unpaired) electrons. The molecular weight excluding hydrogens is 292 g/mol. The van der Waals surface area contributed by atoms with E-state index >= 15 is 0 Å². The quantitative estimate of drug-likeness (QED) is 0.713. The van der Waals surface area contributed by atoms with Gasteiger partial charge in [-0.25, -0.2) is 9.59 Å². The Bertz CT molecular complexity index is 779. The van der Waals surface area contributed by atoms with Gasteiger partial charge in [0.2, 0.25) is 0 Å². The molecule has 3 rings (SSSR count). The van der Waals surface area contributed by atoms with E-state index in [0.29, 0.717) is 10.9 Å². The predicted molar refractivity (Wildman–Crippen MR) is 74.8 cm³/mol. The van der Waals surface area contributed by atoms with Crippen LogP contribution in [-0.2, 0) is 4.74 Å². The van der Waals surface area contributed by atoms with Crippen LogP contribution in [0, 0.1) is 0 Å². The van der Waals surface area contributed by atoms with Gasteiger partial charge in [-0.05, 0) is 17.7 Å². The van der Waals surface area contributed by atoms with E-state index in [0.717, 1.165) is 0 Å². The zero-order valence-electron chi connectivity index (χ0n) is 11.4. The predicted octanol–water partition coefficient (Wildman–Crippen LogP) is 0.674. The van der Waals surface area contributed by atoms with Gasteiger partial charge in [-0.1, -0.05) is 12.1 Å². The highest BCUT2D eigenvalue weighted by Gasteiger charge is 2.35. The van der Waals surface area contributed by atoms with Crippen LogP contribution in [-0.4, -0.2) is 40.1 Å². The third-order valence-electron chi connectivity index (χ3n) is 3.79. The Hall–Kier alpha value is -2.22. The number of hydrogen-bond donors (Lipinski definition) is 3. The van der Waals surface area contributed by atoms with Crippen LogP contribution in [0.3, 0.4) is 0 Å². The Morgan fingerprint density at radius 2 is 2.14 bits per heavy atom. The summed E-state index contributed by atoms with van der Waals surface area (Å²) in [6.07, 6.45) is -1.73. The van der Waals surface area contributed by atoms with E-state index in [1.54, 1.807) is 18.2 Å². The van der Waals surface area contributed by atoms with Crippen LogP contribution in [0.15, 0.2) is 33.5 Å². The summed E-state index contributed by atoms with van der Waals surface area (Å²) in [4.78, 5) is 22.7. The van der Waals surface area contributed by atoms with E-state index < -0.39 is 35.5 Å². The third-order valence-corrected chi connectivity index (χ3v) is 3.79. The van der Waals surface area contributed by atoms with Crippen molar-refractivity contribution in [2.45, 2.75) is 24.7 Å². The van der Waals surface area contributed by atoms with Gasteiger partial charge < -0.3 is 24.5 Å². The molecule has 1 saturated heterocycles. The third kappa shape index (κ3) is 2.39. The molecule has 1 unspecified atom stereocenters. The maximum atomic E-state index is 11.6. The second-order valence-electron chi connectivity index (χ2n) is 5.16. The van der Waals surface area contributed by atoms with E-state index in [1.165, 1.54) is 6.07 Å². The Morgan fingerprint density at radius 3 is 2.77 bits per heavy atom. The minimum atomic E-state index is -1.37. The molecule has 3 N–H and O–H groups in total. The molecule has 2 aromatic rings. The number of aliphatic hydroxyl groups is 2. The van der Waals surface area contributed by atoms with Gasteiger partial charge in [0.15, 0.2) is 0 Å². The molecule has 0 aliphatic carbocycles. The summed E-state index contributed by atoms with van der Waals surface area (Å²) in [6.45, 7) is -0.308. The Labute approximate surface area is 124 Å². The van der Waals surface area contributed by atoms with E-state index in [-0.39, 0.29) is 18.6 Å². The van der Waals surface area contributed by atoms with E-state index in [2.05, 4.69) is 0 Å². The number of benzene rings is 1. The lowest BCUT2D eigenvalue weighted by molar-refractivity contribution is -0.0222. The van der Waals surface area contributed by atoms with Gasteiger partial charge in [0.25, 0.3) is 0 Å². The number of hydrogen-bond acceptors (Lipinski definition) is 6. The number of aromatic carboxylic acids is 1. The fraction of sp³-hybridized carbons (Fsp3) is 0.333. The highest BCUT2D eigenvalue weighted by molar-refractivity contribution is 5.92. The summed E-state index contributed by atoms with van der Waals surface area (Å²) in [7, 11) is 0. The smallest absolute Gasteiger partial charge is 0.351 e. The molecule has 1 aromatic carbocycles. The van der Waals surface area contributed by atoms with Crippen molar-refractivity contribution in [3.05, 3.63) is 45.8 Å². The van der Waals surface area contributed by atoms with Crippen molar-refractivity contribution >= 4 is 16.9 Å². The number of rotatable bonds is 3. The first-order valence-electron chi connectivity index (χ1n) is 6.75. The molecule has 0 amide bonds. The normalized spacial score (nSPS) is 24.7. The highest BCUT2D eigenvalue weighted by atomic mass is 16.5. The monoisotopic (exact) mass is 306 g/mol. The summed E-state index contributed by atoms with van der Waals surface area (Å²) in [6, 6.07) is 6.18. The summed E-state index contributed by atoms with van der Waals surface area (Å²) in [5.74, 6) is -1.37. The van der Waals surface area contributed by atoms with Crippen molar-refractivity contribution < 1.29 is 29.3 Å². The van der Waals surface area contributed by atoms with Gasteiger partial charge in [0.1, 0.15) is 17.3 Å². The maximum absolute atomic E-state index is 11.6. The standard InChI is InChI=1S/C15H14O7/c16-6-13-10(17)5-12(21-13)7-2-1-3-11-8(7)4-9(14(18)19)15(20)22-11/h1-4,10,12-13,16-17H,5-6H2,(H,18,19)/t10?,12-,13-/m1/s1. The molecule has 116 valence electrons. The average molecular weight is 306 g/mol. The largest absolute Gasteiger partial charge is 0.477 e. The SMILES string of the molecule is O=C(O)c1cc2c([C@H]3CC(O)[C@@H](CO)O3)cccc2oc1=O. The lowest BCUT2D eigenvalue weighted by Gasteiger charge is -2.14. The minimum absolute atomic E-state index is 0.248. The molecule has 2 heterocycles. The molecule has 3 atom stereocenters. The summed E-state index contributed by atoms with van der Waals surface area (Å²) >= 11 is 0.